The number of hydrogen-bond donors (Lipinski definition) is 3. The van der Waals surface area contributed by atoms with E-state index in [1.165, 1.54) is 6.07 Å². The van der Waals surface area contributed by atoms with Gasteiger partial charge in [0.05, 0.1) is 16.8 Å². The van der Waals surface area contributed by atoms with Gasteiger partial charge in [-0.05, 0) is 23.8 Å². The zero-order valence-corrected chi connectivity index (χ0v) is 15.5. The molecule has 3 aromatic rings. The maximum Gasteiger partial charge on any atom is 0.411 e. The number of benzene rings is 2. The standard InChI is InChI=1S/C21H16N4O5/c22-18-17-15(19(27)24-20(17)28)10-16(26)25(18)14-8-4-7-13(9-14)23-21(29)30-11-12-5-2-1-3-6-12/h1-10H,11,22H2,(H,23,29)(H,24,27,28). The van der Waals surface area contributed by atoms with Crippen molar-refractivity contribution >= 4 is 29.4 Å². The number of nitrogen functional groups attached to an aromatic ring is 1. The van der Waals surface area contributed by atoms with Crippen molar-refractivity contribution in [3.63, 3.8) is 0 Å². The van der Waals surface area contributed by atoms with Crippen LogP contribution in [0.15, 0.2) is 65.5 Å². The first kappa shape index (κ1) is 18.9. The van der Waals surface area contributed by atoms with E-state index in [0.29, 0.717) is 11.4 Å². The number of carbonyl (C=O) groups excluding carboxylic acids is 3. The first-order chi connectivity index (χ1) is 14.4. The van der Waals surface area contributed by atoms with Crippen molar-refractivity contribution in [2.75, 3.05) is 11.1 Å². The van der Waals surface area contributed by atoms with Crippen LogP contribution >= 0.6 is 0 Å². The molecule has 1 aliphatic heterocycles. The van der Waals surface area contributed by atoms with E-state index in [0.717, 1.165) is 16.2 Å². The number of amides is 3. The van der Waals surface area contributed by atoms with Crippen LogP contribution in [-0.2, 0) is 11.3 Å². The van der Waals surface area contributed by atoms with Crippen LogP contribution < -0.4 is 21.9 Å². The largest absolute Gasteiger partial charge is 0.444 e. The van der Waals surface area contributed by atoms with Crippen molar-refractivity contribution < 1.29 is 19.1 Å². The molecule has 150 valence electrons. The molecule has 0 bridgehead atoms. The van der Waals surface area contributed by atoms with E-state index in [1.807, 2.05) is 30.3 Å². The molecular weight excluding hydrogens is 388 g/mol. The number of nitrogens with two attached hydrogens (primary N) is 1. The molecule has 9 heteroatoms. The van der Waals surface area contributed by atoms with Gasteiger partial charge in [0.25, 0.3) is 17.4 Å². The van der Waals surface area contributed by atoms with Crippen molar-refractivity contribution in [2.24, 2.45) is 0 Å². The van der Waals surface area contributed by atoms with Crippen LogP contribution in [0.4, 0.5) is 16.3 Å². The molecule has 4 rings (SSSR count). The molecule has 4 N–H and O–H groups in total. The average molecular weight is 404 g/mol. The van der Waals surface area contributed by atoms with Crippen LogP contribution in [0, 0.1) is 0 Å². The van der Waals surface area contributed by atoms with Crippen molar-refractivity contribution in [2.45, 2.75) is 6.61 Å². The van der Waals surface area contributed by atoms with Crippen LogP contribution in [0.3, 0.4) is 0 Å². The van der Waals surface area contributed by atoms with Gasteiger partial charge in [-0.2, -0.15) is 0 Å². The summed E-state index contributed by atoms with van der Waals surface area (Å²) in [5, 5.41) is 4.69. The minimum absolute atomic E-state index is 0.0553. The number of nitrogens with zero attached hydrogens (tertiary/aromatic N) is 1. The summed E-state index contributed by atoms with van der Waals surface area (Å²) in [5.41, 5.74) is 6.84. The molecule has 1 aromatic heterocycles. The fourth-order valence-corrected chi connectivity index (χ4v) is 3.15. The first-order valence-corrected chi connectivity index (χ1v) is 8.93. The molecule has 0 saturated carbocycles. The smallest absolute Gasteiger partial charge is 0.411 e. The Morgan fingerprint density at radius 3 is 2.53 bits per heavy atom. The Balaban J connectivity index is 1.58. The highest BCUT2D eigenvalue weighted by atomic mass is 16.5. The van der Waals surface area contributed by atoms with Gasteiger partial charge in [0, 0.05) is 11.8 Å². The van der Waals surface area contributed by atoms with Gasteiger partial charge in [-0.15, -0.1) is 0 Å². The second kappa shape index (κ2) is 7.55. The summed E-state index contributed by atoms with van der Waals surface area (Å²) >= 11 is 0. The topological polar surface area (TPSA) is 133 Å². The lowest BCUT2D eigenvalue weighted by molar-refractivity contribution is 0.0879. The van der Waals surface area contributed by atoms with Gasteiger partial charge in [0.15, 0.2) is 0 Å². The summed E-state index contributed by atoms with van der Waals surface area (Å²) in [4.78, 5) is 48.4. The Morgan fingerprint density at radius 1 is 1.00 bits per heavy atom. The highest BCUT2D eigenvalue weighted by Crippen LogP contribution is 2.24. The van der Waals surface area contributed by atoms with E-state index in [9.17, 15) is 19.2 Å². The minimum Gasteiger partial charge on any atom is -0.444 e. The maximum atomic E-state index is 12.5. The third kappa shape index (κ3) is 3.51. The van der Waals surface area contributed by atoms with Crippen LogP contribution in [0.1, 0.15) is 26.3 Å². The predicted octanol–water partition coefficient (Wildman–Crippen LogP) is 2.05. The Labute approximate surface area is 170 Å². The summed E-state index contributed by atoms with van der Waals surface area (Å²) in [6, 6.07) is 16.6. The average Bonchev–Trinajstić information content (AvgIpc) is 3.01. The van der Waals surface area contributed by atoms with Crippen LogP contribution in [0.25, 0.3) is 5.69 Å². The Morgan fingerprint density at radius 2 is 1.77 bits per heavy atom. The molecule has 2 aromatic carbocycles. The molecule has 0 radical (unpaired) electrons. The quantitative estimate of drug-likeness (QED) is 0.570. The number of nitrogens with one attached hydrogen (secondary N) is 2. The third-order valence-corrected chi connectivity index (χ3v) is 4.52. The fourth-order valence-electron chi connectivity index (χ4n) is 3.15. The van der Waals surface area contributed by atoms with E-state index in [-0.39, 0.29) is 23.6 Å². The summed E-state index contributed by atoms with van der Waals surface area (Å²) in [5.74, 6) is -1.49. The molecule has 1 aliphatic rings. The van der Waals surface area contributed by atoms with Gasteiger partial charge in [-0.1, -0.05) is 36.4 Å². The number of anilines is 2. The SMILES string of the molecule is Nc1c2c(cc(=O)n1-c1cccc(NC(=O)OCc3ccccc3)c1)C(=O)NC2=O. The number of carbonyl (C=O) groups is 3. The second-order valence-electron chi connectivity index (χ2n) is 6.51. The molecule has 0 saturated heterocycles. The lowest BCUT2D eigenvalue weighted by atomic mass is 10.1. The van der Waals surface area contributed by atoms with Crippen molar-refractivity contribution in [1.29, 1.82) is 0 Å². The molecular formula is C21H16N4O5. The van der Waals surface area contributed by atoms with Gasteiger partial charge >= 0.3 is 6.09 Å². The van der Waals surface area contributed by atoms with E-state index in [2.05, 4.69) is 10.6 Å². The zero-order chi connectivity index (χ0) is 21.3. The van der Waals surface area contributed by atoms with Crippen molar-refractivity contribution in [3.05, 3.63) is 87.7 Å². The van der Waals surface area contributed by atoms with Crippen LogP contribution in [0.2, 0.25) is 0 Å². The Hall–Kier alpha value is -4.40. The van der Waals surface area contributed by atoms with E-state index in [4.69, 9.17) is 10.5 Å². The number of ether oxygens (including phenoxy) is 1. The molecule has 3 amide bonds. The summed E-state index contributed by atoms with van der Waals surface area (Å²) in [7, 11) is 0. The lowest BCUT2D eigenvalue weighted by Gasteiger charge is -2.13. The van der Waals surface area contributed by atoms with Gasteiger partial charge in [-0.3, -0.25) is 29.6 Å². The number of fused-ring (bicyclic) bond motifs is 1. The molecule has 9 nitrogen and oxygen atoms in total. The second-order valence-corrected chi connectivity index (χ2v) is 6.51. The monoisotopic (exact) mass is 404 g/mol. The maximum absolute atomic E-state index is 12.5. The van der Waals surface area contributed by atoms with Crippen LogP contribution in [0.5, 0.6) is 0 Å². The van der Waals surface area contributed by atoms with E-state index < -0.39 is 23.5 Å². The normalized spacial score (nSPS) is 12.3. The van der Waals surface area contributed by atoms with Gasteiger partial charge in [-0.25, -0.2) is 4.79 Å². The highest BCUT2D eigenvalue weighted by molar-refractivity contribution is 6.23. The van der Waals surface area contributed by atoms with Crippen molar-refractivity contribution in [3.8, 4) is 5.69 Å². The molecule has 0 aliphatic carbocycles. The number of pyridine rings is 1. The van der Waals surface area contributed by atoms with Crippen LogP contribution in [-0.4, -0.2) is 22.5 Å². The minimum atomic E-state index is -0.671. The summed E-state index contributed by atoms with van der Waals surface area (Å²) in [6.45, 7) is 0.104. The van der Waals surface area contributed by atoms with Gasteiger partial charge < -0.3 is 10.5 Å². The molecule has 0 fully saturated rings. The Bertz CT molecular complexity index is 1230. The zero-order valence-electron chi connectivity index (χ0n) is 15.5. The fraction of sp³-hybridized carbons (Fsp3) is 0.0476. The molecule has 0 spiro atoms. The van der Waals surface area contributed by atoms with E-state index >= 15 is 0 Å². The summed E-state index contributed by atoms with van der Waals surface area (Å²) < 4.78 is 6.27. The highest BCUT2D eigenvalue weighted by Gasteiger charge is 2.31. The number of hydrogen-bond acceptors (Lipinski definition) is 6. The predicted molar refractivity (Wildman–Crippen MR) is 108 cm³/mol. The molecule has 30 heavy (non-hydrogen) atoms. The number of rotatable bonds is 4. The molecule has 2 heterocycles. The number of imide groups is 1. The molecule has 0 atom stereocenters. The molecule has 0 unspecified atom stereocenters. The lowest BCUT2D eigenvalue weighted by Crippen LogP contribution is -2.24. The third-order valence-electron chi connectivity index (χ3n) is 4.52. The first-order valence-electron chi connectivity index (χ1n) is 8.93. The van der Waals surface area contributed by atoms with Crippen molar-refractivity contribution in [1.82, 2.24) is 9.88 Å². The number of aromatic nitrogens is 1. The summed E-state index contributed by atoms with van der Waals surface area (Å²) in [6.07, 6.45) is -0.671. The van der Waals surface area contributed by atoms with Gasteiger partial charge in [0.2, 0.25) is 0 Å². The van der Waals surface area contributed by atoms with E-state index in [1.54, 1.807) is 18.2 Å². The van der Waals surface area contributed by atoms with Gasteiger partial charge in [0.1, 0.15) is 12.4 Å². The Kier molecular flexibility index (Phi) is 4.77.